The van der Waals surface area contributed by atoms with Gasteiger partial charge < -0.3 is 15.2 Å². The number of amides is 1. The molecule has 0 radical (unpaired) electrons. The van der Waals surface area contributed by atoms with Crippen molar-refractivity contribution in [3.63, 3.8) is 0 Å². The number of hydrogen-bond acceptors (Lipinski definition) is 3. The molecule has 1 atom stereocenters. The topological polar surface area (TPSA) is 58.6 Å². The molecule has 0 unspecified atom stereocenters. The standard InChI is InChI=1S/C14H17NO3/c1-2-6-13(16)9-10-15-14(17)18-11-12-7-4-3-5-8-12/h1,3-5,7-8,13,16H,6,9-11H2,(H,15,17)/t13-/m0/s1. The molecule has 0 bridgehead atoms. The van der Waals surface area contributed by atoms with Gasteiger partial charge in [-0.1, -0.05) is 30.3 Å². The molecular formula is C14H17NO3. The van der Waals surface area contributed by atoms with E-state index in [4.69, 9.17) is 11.2 Å². The van der Waals surface area contributed by atoms with E-state index < -0.39 is 12.2 Å². The zero-order chi connectivity index (χ0) is 13.2. The van der Waals surface area contributed by atoms with Crippen LogP contribution in [0.1, 0.15) is 18.4 Å². The van der Waals surface area contributed by atoms with E-state index in [0.29, 0.717) is 19.4 Å². The van der Waals surface area contributed by atoms with Crippen LogP contribution in [0.25, 0.3) is 0 Å². The third-order valence-corrected chi connectivity index (χ3v) is 2.31. The fourth-order valence-electron chi connectivity index (χ4n) is 1.35. The number of terminal acetylenes is 1. The lowest BCUT2D eigenvalue weighted by atomic mass is 10.2. The lowest BCUT2D eigenvalue weighted by Gasteiger charge is -2.09. The Morgan fingerprint density at radius 3 is 2.83 bits per heavy atom. The fraction of sp³-hybridized carbons (Fsp3) is 0.357. The Bertz CT molecular complexity index is 397. The quantitative estimate of drug-likeness (QED) is 0.752. The van der Waals surface area contributed by atoms with Gasteiger partial charge in [0.1, 0.15) is 6.61 Å². The Morgan fingerprint density at radius 1 is 1.44 bits per heavy atom. The normalized spacial score (nSPS) is 11.3. The number of aliphatic hydroxyl groups is 1. The molecule has 0 aliphatic rings. The van der Waals surface area contributed by atoms with Gasteiger partial charge in [0.2, 0.25) is 0 Å². The van der Waals surface area contributed by atoms with Gasteiger partial charge in [-0.25, -0.2) is 4.79 Å². The Morgan fingerprint density at radius 2 is 2.17 bits per heavy atom. The van der Waals surface area contributed by atoms with Gasteiger partial charge >= 0.3 is 6.09 Å². The average Bonchev–Trinajstić information content (AvgIpc) is 2.38. The lowest BCUT2D eigenvalue weighted by molar-refractivity contribution is 0.134. The van der Waals surface area contributed by atoms with Crippen LogP contribution in [0.4, 0.5) is 4.79 Å². The highest BCUT2D eigenvalue weighted by Crippen LogP contribution is 2.00. The summed E-state index contributed by atoms with van der Waals surface area (Å²) in [6.45, 7) is 0.579. The lowest BCUT2D eigenvalue weighted by Crippen LogP contribution is -2.27. The average molecular weight is 247 g/mol. The summed E-state index contributed by atoms with van der Waals surface area (Å²) in [4.78, 5) is 11.3. The molecule has 0 spiro atoms. The van der Waals surface area contributed by atoms with E-state index in [-0.39, 0.29) is 6.61 Å². The van der Waals surface area contributed by atoms with Crippen molar-refractivity contribution in [2.24, 2.45) is 0 Å². The summed E-state index contributed by atoms with van der Waals surface area (Å²) in [5, 5.41) is 11.9. The highest BCUT2D eigenvalue weighted by molar-refractivity contribution is 5.67. The van der Waals surface area contributed by atoms with Gasteiger partial charge in [0.05, 0.1) is 6.10 Å². The molecule has 1 aromatic rings. The SMILES string of the molecule is C#CC[C@H](O)CCNC(=O)OCc1ccccc1. The van der Waals surface area contributed by atoms with Crippen LogP contribution < -0.4 is 5.32 Å². The van der Waals surface area contributed by atoms with Gasteiger partial charge in [0.25, 0.3) is 0 Å². The van der Waals surface area contributed by atoms with E-state index in [1.807, 2.05) is 30.3 Å². The van der Waals surface area contributed by atoms with Gasteiger partial charge in [-0.2, -0.15) is 0 Å². The Kier molecular flexibility index (Phi) is 6.37. The van der Waals surface area contributed by atoms with Crippen molar-refractivity contribution in [1.82, 2.24) is 5.32 Å². The first-order valence-corrected chi connectivity index (χ1v) is 5.78. The Labute approximate surface area is 107 Å². The first-order valence-electron chi connectivity index (χ1n) is 5.78. The molecule has 0 aliphatic carbocycles. The number of hydrogen-bond donors (Lipinski definition) is 2. The van der Waals surface area contributed by atoms with Crippen LogP contribution >= 0.6 is 0 Å². The third kappa shape index (κ3) is 5.92. The van der Waals surface area contributed by atoms with Crippen LogP contribution in [0.5, 0.6) is 0 Å². The van der Waals surface area contributed by atoms with Crippen LogP contribution in [0, 0.1) is 12.3 Å². The molecule has 4 heteroatoms. The van der Waals surface area contributed by atoms with Crippen molar-refractivity contribution < 1.29 is 14.6 Å². The number of nitrogens with one attached hydrogen (secondary N) is 1. The van der Waals surface area contributed by atoms with Gasteiger partial charge in [-0.15, -0.1) is 12.3 Å². The van der Waals surface area contributed by atoms with Gasteiger partial charge in [-0.05, 0) is 12.0 Å². The van der Waals surface area contributed by atoms with E-state index in [2.05, 4.69) is 11.2 Å². The molecule has 18 heavy (non-hydrogen) atoms. The highest BCUT2D eigenvalue weighted by atomic mass is 16.5. The minimum atomic E-state index is -0.579. The zero-order valence-corrected chi connectivity index (χ0v) is 10.1. The number of carbonyl (C=O) groups excluding carboxylic acids is 1. The Hall–Kier alpha value is -1.99. The van der Waals surface area contributed by atoms with Crippen molar-refractivity contribution in [3.8, 4) is 12.3 Å². The molecule has 0 fully saturated rings. The van der Waals surface area contributed by atoms with Crippen molar-refractivity contribution in [2.45, 2.75) is 25.6 Å². The molecule has 0 saturated heterocycles. The highest BCUT2D eigenvalue weighted by Gasteiger charge is 2.05. The van der Waals surface area contributed by atoms with Crippen molar-refractivity contribution >= 4 is 6.09 Å². The summed E-state index contributed by atoms with van der Waals surface area (Å²) < 4.78 is 5.00. The predicted octanol–water partition coefficient (Wildman–Crippen LogP) is 1.69. The van der Waals surface area contributed by atoms with Crippen molar-refractivity contribution in [2.75, 3.05) is 6.54 Å². The molecular weight excluding hydrogens is 230 g/mol. The fourth-order valence-corrected chi connectivity index (χ4v) is 1.35. The second-order valence-electron chi connectivity index (χ2n) is 3.84. The van der Waals surface area contributed by atoms with E-state index in [1.54, 1.807) is 0 Å². The van der Waals surface area contributed by atoms with E-state index in [9.17, 15) is 9.90 Å². The molecule has 1 amide bonds. The number of rotatable bonds is 6. The van der Waals surface area contributed by atoms with Gasteiger partial charge in [0.15, 0.2) is 0 Å². The Balaban J connectivity index is 2.13. The molecule has 1 rings (SSSR count). The first-order chi connectivity index (χ1) is 8.72. The molecule has 1 aromatic carbocycles. The molecule has 2 N–H and O–H groups in total. The third-order valence-electron chi connectivity index (χ3n) is 2.31. The minimum Gasteiger partial charge on any atom is -0.445 e. The summed E-state index contributed by atoms with van der Waals surface area (Å²) >= 11 is 0. The van der Waals surface area contributed by atoms with Crippen LogP contribution in [-0.2, 0) is 11.3 Å². The summed E-state index contributed by atoms with van der Waals surface area (Å²) in [6, 6.07) is 9.42. The summed E-state index contributed by atoms with van der Waals surface area (Å²) in [5.74, 6) is 2.36. The largest absolute Gasteiger partial charge is 0.445 e. The molecule has 96 valence electrons. The number of carbonyl (C=O) groups is 1. The monoisotopic (exact) mass is 247 g/mol. The molecule has 0 saturated carbocycles. The maximum Gasteiger partial charge on any atom is 0.407 e. The number of aliphatic hydroxyl groups excluding tert-OH is 1. The first kappa shape index (κ1) is 14.1. The minimum absolute atomic E-state index is 0.236. The summed E-state index contributed by atoms with van der Waals surface area (Å²) in [5.41, 5.74) is 0.931. The molecule has 0 aliphatic heterocycles. The number of benzene rings is 1. The smallest absolute Gasteiger partial charge is 0.407 e. The maximum atomic E-state index is 11.3. The van der Waals surface area contributed by atoms with Crippen LogP contribution in [0.3, 0.4) is 0 Å². The molecule has 4 nitrogen and oxygen atoms in total. The number of ether oxygens (including phenoxy) is 1. The van der Waals surface area contributed by atoms with Crippen LogP contribution in [0.15, 0.2) is 30.3 Å². The summed E-state index contributed by atoms with van der Waals surface area (Å²) in [6.07, 6.45) is 4.69. The zero-order valence-electron chi connectivity index (χ0n) is 10.1. The van der Waals surface area contributed by atoms with Crippen molar-refractivity contribution in [1.29, 1.82) is 0 Å². The maximum absolute atomic E-state index is 11.3. The van der Waals surface area contributed by atoms with E-state index in [1.165, 1.54) is 0 Å². The van der Waals surface area contributed by atoms with Gasteiger partial charge in [-0.3, -0.25) is 0 Å². The van der Waals surface area contributed by atoms with Crippen molar-refractivity contribution in [3.05, 3.63) is 35.9 Å². The molecule has 0 heterocycles. The summed E-state index contributed by atoms with van der Waals surface area (Å²) in [7, 11) is 0. The van der Waals surface area contributed by atoms with Crippen LogP contribution in [-0.4, -0.2) is 23.8 Å². The van der Waals surface area contributed by atoms with Gasteiger partial charge in [0, 0.05) is 13.0 Å². The molecule has 0 aromatic heterocycles. The number of alkyl carbamates (subject to hydrolysis) is 1. The van der Waals surface area contributed by atoms with E-state index >= 15 is 0 Å². The van der Waals surface area contributed by atoms with Crippen LogP contribution in [0.2, 0.25) is 0 Å². The second kappa shape index (κ2) is 8.15. The predicted molar refractivity (Wildman–Crippen MR) is 68.7 cm³/mol. The second-order valence-corrected chi connectivity index (χ2v) is 3.84. The van der Waals surface area contributed by atoms with E-state index in [0.717, 1.165) is 5.56 Å².